The van der Waals surface area contributed by atoms with Crippen molar-refractivity contribution in [2.24, 2.45) is 0 Å². The highest BCUT2D eigenvalue weighted by molar-refractivity contribution is 5.90. The second-order valence-electron chi connectivity index (χ2n) is 5.88. The van der Waals surface area contributed by atoms with Crippen LogP contribution in [0.3, 0.4) is 0 Å². The standard InChI is InChI=1S/C17H14FN5O2/c1-10-2-14(8-23(10)9-20)22-16(24)17-21-7-15(25-17)12-3-11(6-19)4-13(18)5-12/h3-5,7,10,14H,2,8H2,1H3,(H,22,24)/t10-,14-/m1/s1. The molecule has 8 heteroatoms. The number of aromatic nitrogens is 1. The fraction of sp³-hybridized carbons (Fsp3) is 0.294. The summed E-state index contributed by atoms with van der Waals surface area (Å²) in [4.78, 5) is 17.8. The topological polar surface area (TPSA) is 106 Å². The third-order valence-corrected chi connectivity index (χ3v) is 4.05. The van der Waals surface area contributed by atoms with Crippen LogP contribution in [-0.2, 0) is 0 Å². The smallest absolute Gasteiger partial charge is 0.307 e. The molecule has 1 aromatic carbocycles. The summed E-state index contributed by atoms with van der Waals surface area (Å²) < 4.78 is 18.9. The molecular weight excluding hydrogens is 325 g/mol. The Morgan fingerprint density at radius 2 is 2.24 bits per heavy atom. The van der Waals surface area contributed by atoms with Gasteiger partial charge in [0, 0.05) is 24.2 Å². The van der Waals surface area contributed by atoms with Gasteiger partial charge < -0.3 is 14.6 Å². The maximum absolute atomic E-state index is 13.5. The molecule has 1 saturated heterocycles. The molecule has 126 valence electrons. The van der Waals surface area contributed by atoms with Crippen LogP contribution < -0.4 is 5.32 Å². The van der Waals surface area contributed by atoms with Gasteiger partial charge in [-0.15, -0.1) is 0 Å². The minimum atomic E-state index is -0.576. The van der Waals surface area contributed by atoms with Gasteiger partial charge in [0.05, 0.1) is 17.8 Å². The molecule has 0 spiro atoms. The number of rotatable bonds is 3. The first-order chi connectivity index (χ1) is 12.0. The van der Waals surface area contributed by atoms with Crippen LogP contribution in [0.5, 0.6) is 0 Å². The Kier molecular flexibility index (Phi) is 4.36. The molecule has 1 N–H and O–H groups in total. The Morgan fingerprint density at radius 3 is 2.92 bits per heavy atom. The van der Waals surface area contributed by atoms with Gasteiger partial charge >= 0.3 is 5.91 Å². The van der Waals surface area contributed by atoms with E-state index in [4.69, 9.17) is 14.9 Å². The maximum Gasteiger partial charge on any atom is 0.307 e. The van der Waals surface area contributed by atoms with Crippen LogP contribution in [-0.4, -0.2) is 34.4 Å². The Labute approximate surface area is 143 Å². The lowest BCUT2D eigenvalue weighted by atomic mass is 10.1. The van der Waals surface area contributed by atoms with E-state index in [1.807, 2.05) is 13.0 Å². The fourth-order valence-electron chi connectivity index (χ4n) is 2.83. The normalized spacial score (nSPS) is 19.3. The molecule has 1 aromatic heterocycles. The van der Waals surface area contributed by atoms with Crippen molar-refractivity contribution in [3.05, 3.63) is 41.7 Å². The summed E-state index contributed by atoms with van der Waals surface area (Å²) in [6.07, 6.45) is 4.04. The van der Waals surface area contributed by atoms with Crippen LogP contribution in [0.15, 0.2) is 28.8 Å². The van der Waals surface area contributed by atoms with Crippen LogP contribution in [0, 0.1) is 28.6 Å². The number of nitriles is 2. The second kappa shape index (κ2) is 6.62. The lowest BCUT2D eigenvalue weighted by Gasteiger charge is -2.11. The van der Waals surface area contributed by atoms with Gasteiger partial charge in [0.2, 0.25) is 0 Å². The van der Waals surface area contributed by atoms with Crippen molar-refractivity contribution in [2.45, 2.75) is 25.4 Å². The van der Waals surface area contributed by atoms with E-state index >= 15 is 0 Å². The predicted molar refractivity (Wildman–Crippen MR) is 84.3 cm³/mol. The first-order valence-corrected chi connectivity index (χ1v) is 7.64. The number of carbonyl (C=O) groups is 1. The molecule has 1 amide bonds. The van der Waals surface area contributed by atoms with Gasteiger partial charge in [-0.3, -0.25) is 4.79 Å². The Morgan fingerprint density at radius 1 is 1.44 bits per heavy atom. The number of hydrogen-bond donors (Lipinski definition) is 1. The van der Waals surface area contributed by atoms with Crippen molar-refractivity contribution < 1.29 is 13.6 Å². The van der Waals surface area contributed by atoms with E-state index in [9.17, 15) is 9.18 Å². The Bertz CT molecular complexity index is 895. The third kappa shape index (κ3) is 3.43. The van der Waals surface area contributed by atoms with Crippen molar-refractivity contribution in [2.75, 3.05) is 6.54 Å². The van der Waals surface area contributed by atoms with Crippen molar-refractivity contribution in [3.8, 4) is 23.6 Å². The van der Waals surface area contributed by atoms with E-state index in [0.29, 0.717) is 18.5 Å². The van der Waals surface area contributed by atoms with Crippen molar-refractivity contribution in [1.29, 1.82) is 10.5 Å². The van der Waals surface area contributed by atoms with Crippen LogP contribution >= 0.6 is 0 Å². The maximum atomic E-state index is 13.5. The number of likely N-dealkylation sites (tertiary alicyclic amines) is 1. The minimum Gasteiger partial charge on any atom is -0.432 e. The van der Waals surface area contributed by atoms with Gasteiger partial charge in [0.1, 0.15) is 5.82 Å². The van der Waals surface area contributed by atoms with E-state index in [1.54, 1.807) is 4.90 Å². The quantitative estimate of drug-likeness (QED) is 0.858. The summed E-state index contributed by atoms with van der Waals surface area (Å²) in [6, 6.07) is 5.51. The van der Waals surface area contributed by atoms with Gasteiger partial charge in [0.25, 0.3) is 5.89 Å². The number of nitrogens with one attached hydrogen (secondary N) is 1. The molecule has 0 saturated carbocycles. The average molecular weight is 339 g/mol. The van der Waals surface area contributed by atoms with Crippen LogP contribution in [0.2, 0.25) is 0 Å². The number of oxazole rings is 1. The first-order valence-electron chi connectivity index (χ1n) is 7.64. The summed E-state index contributed by atoms with van der Waals surface area (Å²) in [6.45, 7) is 2.35. The number of hydrogen-bond acceptors (Lipinski definition) is 6. The molecule has 3 rings (SSSR count). The Balaban J connectivity index is 1.74. The fourth-order valence-corrected chi connectivity index (χ4v) is 2.83. The summed E-state index contributed by atoms with van der Waals surface area (Å²) >= 11 is 0. The second-order valence-corrected chi connectivity index (χ2v) is 5.88. The van der Waals surface area contributed by atoms with Crippen LogP contribution in [0.25, 0.3) is 11.3 Å². The number of benzene rings is 1. The molecule has 7 nitrogen and oxygen atoms in total. The van der Waals surface area contributed by atoms with Gasteiger partial charge in [-0.2, -0.15) is 10.5 Å². The monoisotopic (exact) mass is 339 g/mol. The molecule has 0 unspecified atom stereocenters. The molecule has 2 aromatic rings. The van der Waals surface area contributed by atoms with E-state index in [2.05, 4.69) is 16.5 Å². The zero-order valence-electron chi connectivity index (χ0n) is 13.4. The highest BCUT2D eigenvalue weighted by Crippen LogP contribution is 2.23. The predicted octanol–water partition coefficient (Wildman–Crippen LogP) is 2.03. The third-order valence-electron chi connectivity index (χ3n) is 4.05. The average Bonchev–Trinajstić information content (AvgIpc) is 3.21. The number of halogens is 1. The van der Waals surface area contributed by atoms with E-state index in [0.717, 1.165) is 6.07 Å². The Hall–Kier alpha value is -3.39. The number of amides is 1. The highest BCUT2D eigenvalue weighted by atomic mass is 19.1. The van der Waals surface area contributed by atoms with E-state index in [-0.39, 0.29) is 29.3 Å². The summed E-state index contributed by atoms with van der Waals surface area (Å²) in [5.74, 6) is -1.03. The van der Waals surface area contributed by atoms with E-state index < -0.39 is 11.7 Å². The van der Waals surface area contributed by atoms with Gasteiger partial charge in [-0.05, 0) is 31.5 Å². The van der Waals surface area contributed by atoms with Gasteiger partial charge in [0.15, 0.2) is 12.0 Å². The molecule has 0 radical (unpaired) electrons. The molecular formula is C17H14FN5O2. The van der Waals surface area contributed by atoms with Crippen molar-refractivity contribution in [1.82, 2.24) is 15.2 Å². The molecule has 1 fully saturated rings. The summed E-state index contributed by atoms with van der Waals surface area (Å²) in [5.41, 5.74) is 0.474. The summed E-state index contributed by atoms with van der Waals surface area (Å²) in [7, 11) is 0. The number of carbonyl (C=O) groups excluding carboxylic acids is 1. The largest absolute Gasteiger partial charge is 0.432 e. The molecule has 1 aliphatic rings. The van der Waals surface area contributed by atoms with Crippen LogP contribution in [0.1, 0.15) is 29.6 Å². The van der Waals surface area contributed by atoms with Crippen molar-refractivity contribution in [3.63, 3.8) is 0 Å². The first kappa shape index (κ1) is 16.5. The molecule has 1 aliphatic heterocycles. The SMILES string of the molecule is C[C@@H]1C[C@@H](NC(=O)c2ncc(-c3cc(F)cc(C#N)c3)o2)CN1C#N. The molecule has 2 heterocycles. The zero-order chi connectivity index (χ0) is 18.0. The lowest BCUT2D eigenvalue weighted by Crippen LogP contribution is -2.36. The van der Waals surface area contributed by atoms with Crippen molar-refractivity contribution >= 4 is 5.91 Å². The van der Waals surface area contributed by atoms with Gasteiger partial charge in [-0.25, -0.2) is 9.37 Å². The van der Waals surface area contributed by atoms with Crippen LogP contribution in [0.4, 0.5) is 4.39 Å². The lowest BCUT2D eigenvalue weighted by molar-refractivity contribution is 0.0904. The highest BCUT2D eigenvalue weighted by Gasteiger charge is 2.30. The van der Waals surface area contributed by atoms with Gasteiger partial charge in [-0.1, -0.05) is 0 Å². The zero-order valence-corrected chi connectivity index (χ0v) is 13.4. The molecule has 25 heavy (non-hydrogen) atoms. The number of nitrogens with zero attached hydrogens (tertiary/aromatic N) is 4. The molecule has 2 atom stereocenters. The van der Waals surface area contributed by atoms with E-state index in [1.165, 1.54) is 18.3 Å². The molecule has 0 bridgehead atoms. The summed E-state index contributed by atoms with van der Waals surface area (Å²) in [5, 5.41) is 20.6. The minimum absolute atomic E-state index is 0.0621. The molecule has 0 aliphatic carbocycles.